The SMILES string of the molecule is C=CC(=O)c1cc(C)nnc1CC. The van der Waals surface area contributed by atoms with E-state index >= 15 is 0 Å². The zero-order chi connectivity index (χ0) is 9.84. The van der Waals surface area contributed by atoms with Crippen LogP contribution in [0.3, 0.4) is 0 Å². The summed E-state index contributed by atoms with van der Waals surface area (Å²) in [5.74, 6) is -0.0881. The summed E-state index contributed by atoms with van der Waals surface area (Å²) in [6.07, 6.45) is 2.01. The van der Waals surface area contributed by atoms with Gasteiger partial charge in [-0.25, -0.2) is 0 Å². The van der Waals surface area contributed by atoms with Gasteiger partial charge < -0.3 is 0 Å². The minimum Gasteiger partial charge on any atom is -0.289 e. The Balaban J connectivity index is 3.23. The first-order valence-corrected chi connectivity index (χ1v) is 4.19. The monoisotopic (exact) mass is 176 g/mol. The molecular weight excluding hydrogens is 164 g/mol. The van der Waals surface area contributed by atoms with Crippen LogP contribution >= 0.6 is 0 Å². The van der Waals surface area contributed by atoms with E-state index < -0.39 is 0 Å². The van der Waals surface area contributed by atoms with Gasteiger partial charge in [-0.15, -0.1) is 0 Å². The highest BCUT2D eigenvalue weighted by molar-refractivity contribution is 6.04. The predicted molar refractivity (Wildman–Crippen MR) is 50.7 cm³/mol. The summed E-state index contributed by atoms with van der Waals surface area (Å²) < 4.78 is 0. The Morgan fingerprint density at radius 2 is 2.31 bits per heavy atom. The van der Waals surface area contributed by atoms with Crippen LogP contribution in [-0.2, 0) is 6.42 Å². The Kier molecular flexibility index (Phi) is 2.90. The van der Waals surface area contributed by atoms with E-state index in [-0.39, 0.29) is 5.78 Å². The molecule has 0 amide bonds. The molecular formula is C10H12N2O. The molecule has 68 valence electrons. The number of carbonyl (C=O) groups is 1. The van der Waals surface area contributed by atoms with Crippen molar-refractivity contribution in [3.63, 3.8) is 0 Å². The summed E-state index contributed by atoms with van der Waals surface area (Å²) in [4.78, 5) is 11.4. The summed E-state index contributed by atoms with van der Waals surface area (Å²) in [5.41, 5.74) is 2.10. The Labute approximate surface area is 77.5 Å². The summed E-state index contributed by atoms with van der Waals surface area (Å²) in [7, 11) is 0. The van der Waals surface area contributed by atoms with Crippen LogP contribution in [0.1, 0.15) is 28.7 Å². The smallest absolute Gasteiger partial charge is 0.187 e. The number of carbonyl (C=O) groups excluding carboxylic acids is 1. The Hall–Kier alpha value is -1.51. The second-order valence-corrected chi connectivity index (χ2v) is 2.77. The fourth-order valence-corrected chi connectivity index (χ4v) is 1.10. The molecule has 0 saturated heterocycles. The fourth-order valence-electron chi connectivity index (χ4n) is 1.10. The number of allylic oxidation sites excluding steroid dienone is 1. The van der Waals surface area contributed by atoms with E-state index in [2.05, 4.69) is 16.8 Å². The van der Waals surface area contributed by atoms with Gasteiger partial charge in [-0.2, -0.15) is 10.2 Å². The molecule has 13 heavy (non-hydrogen) atoms. The van der Waals surface area contributed by atoms with Gasteiger partial charge in [-0.3, -0.25) is 4.79 Å². The van der Waals surface area contributed by atoms with E-state index in [1.54, 1.807) is 6.07 Å². The van der Waals surface area contributed by atoms with Crippen molar-refractivity contribution in [3.05, 3.63) is 35.7 Å². The standard InChI is InChI=1S/C10H12N2O/c1-4-9-8(10(13)5-2)6-7(3)11-12-9/h5-6H,2,4H2,1,3H3. The molecule has 0 spiro atoms. The largest absolute Gasteiger partial charge is 0.289 e. The summed E-state index contributed by atoms with van der Waals surface area (Å²) in [6, 6.07) is 1.75. The van der Waals surface area contributed by atoms with Crippen molar-refractivity contribution >= 4 is 5.78 Å². The van der Waals surface area contributed by atoms with Gasteiger partial charge in [0.1, 0.15) is 0 Å². The molecule has 0 atom stereocenters. The number of aromatic nitrogens is 2. The van der Waals surface area contributed by atoms with Gasteiger partial charge in [-0.1, -0.05) is 13.5 Å². The Bertz CT molecular complexity index is 345. The van der Waals surface area contributed by atoms with Crippen LogP contribution < -0.4 is 0 Å². The van der Waals surface area contributed by atoms with E-state index in [1.807, 2.05) is 13.8 Å². The minimum absolute atomic E-state index is 0.0881. The molecule has 1 aromatic heterocycles. The molecule has 0 aliphatic heterocycles. The highest BCUT2D eigenvalue weighted by Crippen LogP contribution is 2.08. The van der Waals surface area contributed by atoms with Crippen molar-refractivity contribution in [2.75, 3.05) is 0 Å². The van der Waals surface area contributed by atoms with Crippen molar-refractivity contribution in [2.45, 2.75) is 20.3 Å². The van der Waals surface area contributed by atoms with Crippen molar-refractivity contribution in [1.29, 1.82) is 0 Å². The van der Waals surface area contributed by atoms with E-state index in [0.29, 0.717) is 12.0 Å². The van der Waals surface area contributed by atoms with Crippen molar-refractivity contribution in [3.8, 4) is 0 Å². The van der Waals surface area contributed by atoms with Gasteiger partial charge >= 0.3 is 0 Å². The maximum Gasteiger partial charge on any atom is 0.187 e. The van der Waals surface area contributed by atoms with Gasteiger partial charge in [-0.05, 0) is 25.5 Å². The average Bonchev–Trinajstić information content (AvgIpc) is 2.16. The van der Waals surface area contributed by atoms with Gasteiger partial charge in [0.15, 0.2) is 5.78 Å². The third-order valence-electron chi connectivity index (χ3n) is 1.78. The van der Waals surface area contributed by atoms with Crippen LogP contribution in [0.2, 0.25) is 0 Å². The number of ketones is 1. The highest BCUT2D eigenvalue weighted by Gasteiger charge is 2.08. The van der Waals surface area contributed by atoms with Crippen LogP contribution in [0.5, 0.6) is 0 Å². The first kappa shape index (κ1) is 9.58. The van der Waals surface area contributed by atoms with E-state index in [0.717, 1.165) is 11.4 Å². The maximum atomic E-state index is 11.4. The third kappa shape index (κ3) is 1.99. The normalized spacial score (nSPS) is 9.69. The molecule has 0 fully saturated rings. The van der Waals surface area contributed by atoms with Gasteiger partial charge in [0, 0.05) is 5.56 Å². The van der Waals surface area contributed by atoms with Gasteiger partial charge in [0.25, 0.3) is 0 Å². The molecule has 1 rings (SSSR count). The molecule has 3 nitrogen and oxygen atoms in total. The number of hydrogen-bond acceptors (Lipinski definition) is 3. The molecule has 1 heterocycles. The van der Waals surface area contributed by atoms with E-state index in [1.165, 1.54) is 6.08 Å². The molecule has 1 aromatic rings. The lowest BCUT2D eigenvalue weighted by molar-refractivity contribution is 0.104. The quantitative estimate of drug-likeness (QED) is 0.520. The summed E-state index contributed by atoms with van der Waals surface area (Å²) in [5, 5.41) is 7.84. The third-order valence-corrected chi connectivity index (χ3v) is 1.78. The summed E-state index contributed by atoms with van der Waals surface area (Å²) >= 11 is 0. The van der Waals surface area contributed by atoms with Crippen molar-refractivity contribution in [2.24, 2.45) is 0 Å². The van der Waals surface area contributed by atoms with Gasteiger partial charge in [0.05, 0.1) is 11.4 Å². The first-order valence-electron chi connectivity index (χ1n) is 4.19. The lowest BCUT2D eigenvalue weighted by Crippen LogP contribution is -2.05. The molecule has 0 radical (unpaired) electrons. The number of hydrogen-bond donors (Lipinski definition) is 0. The molecule has 0 aromatic carbocycles. The Morgan fingerprint density at radius 1 is 1.62 bits per heavy atom. The highest BCUT2D eigenvalue weighted by atomic mass is 16.1. The lowest BCUT2D eigenvalue weighted by atomic mass is 10.1. The molecule has 0 N–H and O–H groups in total. The minimum atomic E-state index is -0.0881. The van der Waals surface area contributed by atoms with Crippen LogP contribution in [0.4, 0.5) is 0 Å². The maximum absolute atomic E-state index is 11.4. The van der Waals surface area contributed by atoms with Crippen molar-refractivity contribution < 1.29 is 4.79 Å². The Morgan fingerprint density at radius 3 is 2.85 bits per heavy atom. The molecule has 3 heteroatoms. The zero-order valence-corrected chi connectivity index (χ0v) is 7.87. The molecule has 0 unspecified atom stereocenters. The zero-order valence-electron chi connectivity index (χ0n) is 7.87. The van der Waals surface area contributed by atoms with Crippen molar-refractivity contribution in [1.82, 2.24) is 10.2 Å². The van der Waals surface area contributed by atoms with Crippen LogP contribution in [0.15, 0.2) is 18.7 Å². The summed E-state index contributed by atoms with van der Waals surface area (Å²) in [6.45, 7) is 7.20. The average molecular weight is 176 g/mol. The van der Waals surface area contributed by atoms with Crippen LogP contribution in [0, 0.1) is 6.92 Å². The van der Waals surface area contributed by atoms with E-state index in [9.17, 15) is 4.79 Å². The first-order chi connectivity index (χ1) is 6.19. The number of aryl methyl sites for hydroxylation is 2. The predicted octanol–water partition coefficient (Wildman–Crippen LogP) is 1.72. The second-order valence-electron chi connectivity index (χ2n) is 2.77. The van der Waals surface area contributed by atoms with Crippen LogP contribution in [-0.4, -0.2) is 16.0 Å². The lowest BCUT2D eigenvalue weighted by Gasteiger charge is -2.02. The number of nitrogens with zero attached hydrogens (tertiary/aromatic N) is 2. The second kappa shape index (κ2) is 3.94. The topological polar surface area (TPSA) is 42.9 Å². The molecule has 0 aliphatic carbocycles. The van der Waals surface area contributed by atoms with Gasteiger partial charge in [0.2, 0.25) is 0 Å². The number of rotatable bonds is 3. The molecule has 0 bridgehead atoms. The fraction of sp³-hybridized carbons (Fsp3) is 0.300. The molecule has 0 aliphatic rings. The van der Waals surface area contributed by atoms with Crippen LogP contribution in [0.25, 0.3) is 0 Å². The molecule has 0 saturated carbocycles. The van der Waals surface area contributed by atoms with E-state index in [4.69, 9.17) is 0 Å².